The van der Waals surface area contributed by atoms with Crippen molar-refractivity contribution in [1.29, 1.82) is 0 Å². The van der Waals surface area contributed by atoms with Crippen molar-refractivity contribution in [3.63, 3.8) is 0 Å². The molecule has 0 spiro atoms. The number of carbonyl (C=O) groups is 2. The van der Waals surface area contributed by atoms with Crippen LogP contribution in [-0.4, -0.2) is 40.0 Å². The van der Waals surface area contributed by atoms with E-state index in [2.05, 4.69) is 4.99 Å². The summed E-state index contributed by atoms with van der Waals surface area (Å²) in [7, 11) is 1.44. The second kappa shape index (κ2) is 13.2. The molecule has 0 fully saturated rings. The number of halogens is 1. The highest BCUT2D eigenvalue weighted by atomic mass is 35.5. The van der Waals surface area contributed by atoms with Gasteiger partial charge in [-0.2, -0.15) is 5.10 Å². The molecule has 1 unspecified atom stereocenters. The van der Waals surface area contributed by atoms with Crippen LogP contribution in [0.15, 0.2) is 100 Å². The highest BCUT2D eigenvalue weighted by Gasteiger charge is 2.34. The number of ether oxygens (including phenoxy) is 3. The summed E-state index contributed by atoms with van der Waals surface area (Å²) in [6, 6.07) is 21.0. The van der Waals surface area contributed by atoms with Crippen LogP contribution in [0.5, 0.6) is 11.5 Å². The third kappa shape index (κ3) is 6.27. The van der Waals surface area contributed by atoms with E-state index in [9.17, 15) is 14.4 Å². The van der Waals surface area contributed by atoms with Crippen molar-refractivity contribution >= 4 is 41.0 Å². The molecular formula is C35H29ClN4O6S. The number of allylic oxidation sites excluding steroid dienone is 1. The molecule has 0 N–H and O–H groups in total. The Bertz CT molecular complexity index is 2220. The average Bonchev–Trinajstić information content (AvgIpc) is 3.61. The van der Waals surface area contributed by atoms with Gasteiger partial charge in [-0.05, 0) is 61.9 Å². The molecule has 1 atom stereocenters. The number of benzene rings is 3. The zero-order chi connectivity index (χ0) is 33.2. The summed E-state index contributed by atoms with van der Waals surface area (Å²) < 4.78 is 19.8. The van der Waals surface area contributed by atoms with Crippen molar-refractivity contribution in [1.82, 2.24) is 14.3 Å². The Balaban J connectivity index is 1.56. The highest BCUT2D eigenvalue weighted by Crippen LogP contribution is 2.36. The first-order valence-corrected chi connectivity index (χ1v) is 15.8. The van der Waals surface area contributed by atoms with Crippen LogP contribution in [-0.2, 0) is 14.3 Å². The molecule has 0 aliphatic carbocycles. The SMILES string of the molecule is CCOC(=O)C1=C(C)N=c2s/c(=C/c3cn(-c4ccccc4)nc3-c3ccc(Cl)cc3)c(=O)n2C1c1ccc(OC(C)=O)c(OC)c1. The molecule has 47 heavy (non-hydrogen) atoms. The molecule has 3 heterocycles. The van der Waals surface area contributed by atoms with Gasteiger partial charge in [0.25, 0.3) is 5.56 Å². The minimum atomic E-state index is -0.893. The van der Waals surface area contributed by atoms with Crippen molar-refractivity contribution in [3.05, 3.63) is 126 Å². The van der Waals surface area contributed by atoms with E-state index in [1.54, 1.807) is 54.9 Å². The molecule has 1 aliphatic heterocycles. The topological polar surface area (TPSA) is 114 Å². The lowest BCUT2D eigenvalue weighted by molar-refractivity contribution is -0.139. The number of hydrogen-bond donors (Lipinski definition) is 0. The number of rotatable bonds is 8. The maximum absolute atomic E-state index is 14.3. The average molecular weight is 669 g/mol. The normalized spacial score (nSPS) is 14.4. The lowest BCUT2D eigenvalue weighted by Gasteiger charge is -2.25. The molecule has 238 valence electrons. The number of methoxy groups -OCH3 is 1. The Morgan fingerprint density at radius 1 is 1.04 bits per heavy atom. The largest absolute Gasteiger partial charge is 0.493 e. The second-order valence-electron chi connectivity index (χ2n) is 10.5. The fourth-order valence-electron chi connectivity index (χ4n) is 5.38. The first kappa shape index (κ1) is 31.7. The molecule has 6 rings (SSSR count). The molecule has 10 nitrogen and oxygen atoms in total. The van der Waals surface area contributed by atoms with Gasteiger partial charge in [0.1, 0.15) is 5.69 Å². The first-order chi connectivity index (χ1) is 22.7. The van der Waals surface area contributed by atoms with Crippen LogP contribution in [0.25, 0.3) is 23.0 Å². The minimum Gasteiger partial charge on any atom is -0.493 e. The maximum Gasteiger partial charge on any atom is 0.338 e. The predicted octanol–water partition coefficient (Wildman–Crippen LogP) is 5.24. The van der Waals surface area contributed by atoms with Gasteiger partial charge in [0.15, 0.2) is 16.3 Å². The monoisotopic (exact) mass is 668 g/mol. The Kier molecular flexibility index (Phi) is 8.93. The zero-order valence-corrected chi connectivity index (χ0v) is 27.5. The minimum absolute atomic E-state index is 0.139. The van der Waals surface area contributed by atoms with Gasteiger partial charge in [-0.15, -0.1) is 0 Å². The highest BCUT2D eigenvalue weighted by molar-refractivity contribution is 7.07. The maximum atomic E-state index is 14.3. The number of hydrogen-bond acceptors (Lipinski definition) is 9. The number of nitrogens with zero attached hydrogens (tertiary/aromatic N) is 4. The molecule has 12 heteroatoms. The summed E-state index contributed by atoms with van der Waals surface area (Å²) in [6.45, 7) is 4.85. The van der Waals surface area contributed by atoms with Crippen LogP contribution >= 0.6 is 22.9 Å². The van der Waals surface area contributed by atoms with Crippen LogP contribution in [0.1, 0.15) is 37.9 Å². The van der Waals surface area contributed by atoms with E-state index in [1.165, 1.54) is 29.9 Å². The van der Waals surface area contributed by atoms with E-state index in [0.29, 0.717) is 36.9 Å². The Hall–Kier alpha value is -5.26. The molecular weight excluding hydrogens is 640 g/mol. The fraction of sp³-hybridized carbons (Fsp3) is 0.171. The van der Waals surface area contributed by atoms with Gasteiger partial charge in [-0.25, -0.2) is 14.5 Å². The summed E-state index contributed by atoms with van der Waals surface area (Å²) in [6.07, 6.45) is 3.65. The molecule has 1 aliphatic rings. The molecule has 0 saturated heterocycles. The number of thiazole rings is 1. The van der Waals surface area contributed by atoms with Gasteiger partial charge >= 0.3 is 11.9 Å². The van der Waals surface area contributed by atoms with Gasteiger partial charge in [0.2, 0.25) is 0 Å². The third-order valence-electron chi connectivity index (χ3n) is 7.44. The Labute approximate surface area is 278 Å². The Morgan fingerprint density at radius 3 is 2.47 bits per heavy atom. The summed E-state index contributed by atoms with van der Waals surface area (Å²) in [5.74, 6) is -0.635. The van der Waals surface area contributed by atoms with Crippen LogP contribution in [0.3, 0.4) is 0 Å². The number of esters is 2. The second-order valence-corrected chi connectivity index (χ2v) is 12.0. The van der Waals surface area contributed by atoms with Crippen molar-refractivity contribution in [2.24, 2.45) is 4.99 Å². The van der Waals surface area contributed by atoms with E-state index in [4.69, 9.17) is 30.9 Å². The van der Waals surface area contributed by atoms with Crippen LogP contribution in [0.4, 0.5) is 0 Å². The van der Waals surface area contributed by atoms with E-state index in [0.717, 1.165) is 11.3 Å². The number of aromatic nitrogens is 3. The quantitative estimate of drug-likeness (QED) is 0.164. The third-order valence-corrected chi connectivity index (χ3v) is 8.68. The Morgan fingerprint density at radius 2 is 1.79 bits per heavy atom. The molecule has 0 saturated carbocycles. The van der Waals surface area contributed by atoms with Crippen molar-refractivity contribution in [2.45, 2.75) is 26.8 Å². The van der Waals surface area contributed by atoms with Gasteiger partial charge in [-0.3, -0.25) is 14.2 Å². The standard InChI is InChI=1S/C35H29ClN4O6S/c1-5-45-34(43)30-20(2)37-35-40(32(30)23-13-16-27(46-21(3)41)28(17-23)44-4)33(42)29(47-35)18-24-19-39(26-9-7-6-8-10-26)38-31(24)22-11-14-25(36)15-12-22/h6-19,32H,5H2,1-4H3/b29-18+. The van der Waals surface area contributed by atoms with Crippen LogP contribution in [0, 0.1) is 0 Å². The number of para-hydroxylation sites is 1. The van der Waals surface area contributed by atoms with Gasteiger partial charge < -0.3 is 14.2 Å². The van der Waals surface area contributed by atoms with Gasteiger partial charge in [0.05, 0.1) is 41.2 Å². The smallest absolute Gasteiger partial charge is 0.338 e. The number of fused-ring (bicyclic) bond motifs is 1. The molecule has 5 aromatic rings. The van der Waals surface area contributed by atoms with E-state index in [-0.39, 0.29) is 29.2 Å². The summed E-state index contributed by atoms with van der Waals surface area (Å²) in [4.78, 5) is 44.5. The molecule has 0 bridgehead atoms. The van der Waals surface area contributed by atoms with Gasteiger partial charge in [0, 0.05) is 29.3 Å². The summed E-state index contributed by atoms with van der Waals surface area (Å²) in [5, 5.41) is 5.46. The van der Waals surface area contributed by atoms with Crippen molar-refractivity contribution in [3.8, 4) is 28.4 Å². The zero-order valence-electron chi connectivity index (χ0n) is 25.9. The first-order valence-electron chi connectivity index (χ1n) is 14.7. The van der Waals surface area contributed by atoms with Crippen molar-refractivity contribution in [2.75, 3.05) is 13.7 Å². The molecule has 3 aromatic carbocycles. The summed E-state index contributed by atoms with van der Waals surface area (Å²) in [5.41, 5.74) is 3.85. The van der Waals surface area contributed by atoms with E-state index in [1.807, 2.05) is 48.7 Å². The molecule has 0 radical (unpaired) electrons. The number of carbonyl (C=O) groups excluding carboxylic acids is 2. The van der Waals surface area contributed by atoms with Crippen LogP contribution in [0.2, 0.25) is 5.02 Å². The van der Waals surface area contributed by atoms with Crippen molar-refractivity contribution < 1.29 is 23.8 Å². The summed E-state index contributed by atoms with van der Waals surface area (Å²) >= 11 is 7.38. The van der Waals surface area contributed by atoms with E-state index >= 15 is 0 Å². The molecule has 2 aromatic heterocycles. The predicted molar refractivity (Wildman–Crippen MR) is 179 cm³/mol. The lowest BCUT2D eigenvalue weighted by Crippen LogP contribution is -2.40. The molecule has 0 amide bonds. The fourth-order valence-corrected chi connectivity index (χ4v) is 6.54. The van der Waals surface area contributed by atoms with E-state index < -0.39 is 18.0 Å². The van der Waals surface area contributed by atoms with Crippen LogP contribution < -0.4 is 24.4 Å². The van der Waals surface area contributed by atoms with Gasteiger partial charge in [-0.1, -0.05) is 59.3 Å². The lowest BCUT2D eigenvalue weighted by atomic mass is 9.95.